The molecule has 3 aliphatic rings. The normalized spacial score (nSPS) is 37.8. The lowest BCUT2D eigenvalue weighted by Crippen LogP contribution is -2.35. The minimum atomic E-state index is 0.651. The Morgan fingerprint density at radius 3 is 2.78 bits per heavy atom. The van der Waals surface area contributed by atoms with Crippen molar-refractivity contribution in [3.8, 4) is 0 Å². The summed E-state index contributed by atoms with van der Waals surface area (Å²) in [5, 5.41) is 8.36. The summed E-state index contributed by atoms with van der Waals surface area (Å²) >= 11 is 1.84. The van der Waals surface area contributed by atoms with Crippen LogP contribution in [0.15, 0.2) is 16.8 Å². The highest BCUT2D eigenvalue weighted by atomic mass is 32.1. The van der Waals surface area contributed by atoms with Crippen LogP contribution in [-0.2, 0) is 6.42 Å². The molecule has 2 heteroatoms. The first-order valence-corrected chi connectivity index (χ1v) is 8.52. The fourth-order valence-electron chi connectivity index (χ4n) is 3.94. The fraction of sp³-hybridized carbons (Fsp3) is 0.750. The number of nitrogens with one attached hydrogen (secondary N) is 1. The van der Waals surface area contributed by atoms with Crippen LogP contribution in [0.3, 0.4) is 0 Å². The molecule has 1 heterocycles. The van der Waals surface area contributed by atoms with E-state index in [1.807, 2.05) is 11.3 Å². The molecule has 3 aliphatic carbocycles. The Kier molecular flexibility index (Phi) is 2.77. The first kappa shape index (κ1) is 11.5. The lowest BCUT2D eigenvalue weighted by molar-refractivity contribution is 0.229. The van der Waals surface area contributed by atoms with E-state index in [4.69, 9.17) is 0 Å². The lowest BCUT2D eigenvalue weighted by Gasteiger charge is -2.31. The summed E-state index contributed by atoms with van der Waals surface area (Å²) < 4.78 is 0. The van der Waals surface area contributed by atoms with Gasteiger partial charge >= 0.3 is 0 Å². The quantitative estimate of drug-likeness (QED) is 0.820. The molecule has 0 radical (unpaired) electrons. The molecule has 0 saturated heterocycles. The van der Waals surface area contributed by atoms with Gasteiger partial charge < -0.3 is 5.32 Å². The number of thiophene rings is 1. The van der Waals surface area contributed by atoms with Crippen molar-refractivity contribution in [1.82, 2.24) is 5.32 Å². The van der Waals surface area contributed by atoms with Crippen LogP contribution in [0.2, 0.25) is 0 Å². The SMILES string of the molecule is c1cc(CCC2(CNC3CC3)CC3CC3C2)cs1. The molecule has 0 aromatic carbocycles. The van der Waals surface area contributed by atoms with Crippen molar-refractivity contribution < 1.29 is 0 Å². The molecule has 2 unspecified atom stereocenters. The minimum Gasteiger partial charge on any atom is -0.313 e. The van der Waals surface area contributed by atoms with Gasteiger partial charge in [0.25, 0.3) is 0 Å². The van der Waals surface area contributed by atoms with E-state index in [9.17, 15) is 0 Å². The molecule has 18 heavy (non-hydrogen) atoms. The molecule has 1 N–H and O–H groups in total. The first-order chi connectivity index (χ1) is 8.83. The van der Waals surface area contributed by atoms with Gasteiger partial charge in [0, 0.05) is 12.6 Å². The van der Waals surface area contributed by atoms with Crippen LogP contribution < -0.4 is 5.32 Å². The van der Waals surface area contributed by atoms with Crippen LogP contribution in [0, 0.1) is 17.3 Å². The van der Waals surface area contributed by atoms with E-state index in [0.717, 1.165) is 17.9 Å². The smallest absolute Gasteiger partial charge is 0.00684 e. The summed E-state index contributed by atoms with van der Waals surface area (Å²) in [6.07, 6.45) is 10.1. The van der Waals surface area contributed by atoms with Crippen molar-refractivity contribution in [2.45, 2.75) is 51.0 Å². The van der Waals surface area contributed by atoms with Gasteiger partial charge in [-0.1, -0.05) is 0 Å². The highest BCUT2D eigenvalue weighted by Gasteiger charge is 2.53. The number of fused-ring (bicyclic) bond motifs is 1. The van der Waals surface area contributed by atoms with Crippen molar-refractivity contribution in [3.63, 3.8) is 0 Å². The van der Waals surface area contributed by atoms with Gasteiger partial charge in [-0.05, 0) is 84.6 Å². The topological polar surface area (TPSA) is 12.0 Å². The van der Waals surface area contributed by atoms with Crippen molar-refractivity contribution in [2.75, 3.05) is 6.54 Å². The van der Waals surface area contributed by atoms with E-state index in [-0.39, 0.29) is 0 Å². The Morgan fingerprint density at radius 1 is 1.28 bits per heavy atom. The van der Waals surface area contributed by atoms with E-state index in [1.54, 1.807) is 12.0 Å². The second-order valence-electron chi connectivity index (χ2n) is 6.95. The molecule has 3 saturated carbocycles. The van der Waals surface area contributed by atoms with Crippen LogP contribution in [0.5, 0.6) is 0 Å². The summed E-state index contributed by atoms with van der Waals surface area (Å²) in [6.45, 7) is 1.30. The third-order valence-electron chi connectivity index (χ3n) is 5.33. The first-order valence-electron chi connectivity index (χ1n) is 7.57. The van der Waals surface area contributed by atoms with Gasteiger partial charge in [0.2, 0.25) is 0 Å². The van der Waals surface area contributed by atoms with Crippen LogP contribution in [0.25, 0.3) is 0 Å². The van der Waals surface area contributed by atoms with Gasteiger partial charge in [0.1, 0.15) is 0 Å². The summed E-state index contributed by atoms with van der Waals surface area (Å²) in [7, 11) is 0. The van der Waals surface area contributed by atoms with Crippen LogP contribution in [0.1, 0.15) is 44.1 Å². The standard InChI is InChI=1S/C16H23NS/c1-2-15(1)17-11-16(8-13-7-14(13)9-16)5-3-12-4-6-18-10-12/h4,6,10,13-15,17H,1-3,5,7-9,11H2. The third-order valence-corrected chi connectivity index (χ3v) is 6.06. The molecule has 0 aliphatic heterocycles. The molecule has 0 amide bonds. The molecule has 0 spiro atoms. The number of rotatable bonds is 6. The summed E-state index contributed by atoms with van der Waals surface area (Å²) in [5.41, 5.74) is 2.21. The van der Waals surface area contributed by atoms with E-state index in [0.29, 0.717) is 5.41 Å². The maximum atomic E-state index is 3.81. The Labute approximate surface area is 114 Å². The van der Waals surface area contributed by atoms with Crippen LogP contribution in [-0.4, -0.2) is 12.6 Å². The van der Waals surface area contributed by atoms with E-state index in [2.05, 4.69) is 22.1 Å². The molecular weight excluding hydrogens is 238 g/mol. The Morgan fingerprint density at radius 2 is 2.11 bits per heavy atom. The number of hydrogen-bond donors (Lipinski definition) is 1. The Balaban J connectivity index is 1.38. The van der Waals surface area contributed by atoms with E-state index in [1.165, 1.54) is 45.1 Å². The van der Waals surface area contributed by atoms with Gasteiger partial charge in [-0.25, -0.2) is 0 Å². The van der Waals surface area contributed by atoms with Gasteiger partial charge in [-0.3, -0.25) is 0 Å². The summed E-state index contributed by atoms with van der Waals surface area (Å²) in [5.74, 6) is 2.21. The summed E-state index contributed by atoms with van der Waals surface area (Å²) in [6, 6.07) is 3.18. The molecule has 98 valence electrons. The third kappa shape index (κ3) is 2.37. The minimum absolute atomic E-state index is 0.651. The van der Waals surface area contributed by atoms with Crippen molar-refractivity contribution in [2.24, 2.45) is 17.3 Å². The molecular formula is C16H23NS. The summed E-state index contributed by atoms with van der Waals surface area (Å²) in [4.78, 5) is 0. The average Bonchev–Trinajstić information content (AvgIpc) is 3.25. The lowest BCUT2D eigenvalue weighted by atomic mass is 9.78. The molecule has 1 aromatic heterocycles. The molecule has 0 bridgehead atoms. The van der Waals surface area contributed by atoms with Crippen molar-refractivity contribution in [1.29, 1.82) is 0 Å². The highest BCUT2D eigenvalue weighted by Crippen LogP contribution is 2.61. The maximum absolute atomic E-state index is 3.81. The fourth-order valence-corrected chi connectivity index (χ4v) is 4.64. The highest BCUT2D eigenvalue weighted by molar-refractivity contribution is 7.07. The zero-order valence-electron chi connectivity index (χ0n) is 11.0. The predicted octanol–water partition coefficient (Wildman–Crippen LogP) is 3.85. The number of hydrogen-bond acceptors (Lipinski definition) is 2. The molecule has 2 atom stereocenters. The molecule has 4 rings (SSSR count). The zero-order chi connectivity index (χ0) is 12.0. The molecule has 3 fully saturated rings. The second-order valence-corrected chi connectivity index (χ2v) is 7.73. The van der Waals surface area contributed by atoms with Crippen LogP contribution >= 0.6 is 11.3 Å². The van der Waals surface area contributed by atoms with Crippen molar-refractivity contribution >= 4 is 11.3 Å². The second kappa shape index (κ2) is 4.35. The van der Waals surface area contributed by atoms with Gasteiger partial charge in [0.05, 0.1) is 0 Å². The monoisotopic (exact) mass is 261 g/mol. The van der Waals surface area contributed by atoms with E-state index < -0.39 is 0 Å². The van der Waals surface area contributed by atoms with Crippen molar-refractivity contribution in [3.05, 3.63) is 22.4 Å². The number of aryl methyl sites for hydroxylation is 1. The molecule has 1 aromatic rings. The maximum Gasteiger partial charge on any atom is 0.00684 e. The zero-order valence-corrected chi connectivity index (χ0v) is 11.8. The van der Waals surface area contributed by atoms with E-state index >= 15 is 0 Å². The largest absolute Gasteiger partial charge is 0.313 e. The Hall–Kier alpha value is -0.340. The van der Waals surface area contributed by atoms with Gasteiger partial charge in [-0.2, -0.15) is 11.3 Å². The molecule has 1 nitrogen and oxygen atoms in total. The van der Waals surface area contributed by atoms with Gasteiger partial charge in [-0.15, -0.1) is 0 Å². The van der Waals surface area contributed by atoms with Crippen LogP contribution in [0.4, 0.5) is 0 Å². The Bertz CT molecular complexity index is 397. The average molecular weight is 261 g/mol. The predicted molar refractivity (Wildman–Crippen MR) is 76.9 cm³/mol. The van der Waals surface area contributed by atoms with Gasteiger partial charge in [0.15, 0.2) is 0 Å².